The number of aromatic nitrogens is 2. The minimum absolute atomic E-state index is 0.00112. The maximum absolute atomic E-state index is 13.5. The van der Waals surface area contributed by atoms with Crippen LogP contribution in [-0.4, -0.2) is 72.2 Å². The largest absolute Gasteiger partial charge is 0.496 e. The Morgan fingerprint density at radius 2 is 1.49 bits per heavy atom. The number of carbonyl (C=O) groups is 2. The van der Waals surface area contributed by atoms with Gasteiger partial charge < -0.3 is 24.2 Å². The smallest absolute Gasteiger partial charge is 0.493 e. The van der Waals surface area contributed by atoms with E-state index in [-0.39, 0.29) is 40.0 Å². The van der Waals surface area contributed by atoms with Crippen molar-refractivity contribution in [2.45, 2.75) is 18.9 Å². The van der Waals surface area contributed by atoms with Crippen LogP contribution in [0.5, 0.6) is 11.5 Å². The molecule has 0 amide bonds. The van der Waals surface area contributed by atoms with Crippen LogP contribution in [0.2, 0.25) is 0 Å². The molecule has 246 valence electrons. The van der Waals surface area contributed by atoms with Crippen LogP contribution in [0.15, 0.2) is 72.9 Å². The van der Waals surface area contributed by atoms with Crippen molar-refractivity contribution in [3.8, 4) is 22.6 Å². The van der Waals surface area contributed by atoms with Crippen LogP contribution in [-0.2, 0) is 16.1 Å². The molecule has 9 nitrogen and oxygen atoms in total. The molecule has 15 heteroatoms. The number of nitrogens with zero attached hydrogens (tertiary/aromatic N) is 3. The van der Waals surface area contributed by atoms with Crippen LogP contribution in [0.4, 0.5) is 32.0 Å². The molecule has 3 aromatic carbocycles. The number of esters is 1. The van der Waals surface area contributed by atoms with Crippen molar-refractivity contribution < 1.29 is 50.2 Å². The van der Waals surface area contributed by atoms with E-state index in [1.54, 1.807) is 24.3 Å². The number of rotatable bonds is 7. The van der Waals surface area contributed by atoms with E-state index in [2.05, 4.69) is 9.88 Å². The summed E-state index contributed by atoms with van der Waals surface area (Å²) in [6.07, 6.45) is -8.93. The number of fused-ring (bicyclic) bond motifs is 2. The van der Waals surface area contributed by atoms with Crippen molar-refractivity contribution >= 4 is 39.4 Å². The van der Waals surface area contributed by atoms with E-state index in [1.165, 1.54) is 19.2 Å². The van der Waals surface area contributed by atoms with E-state index in [0.29, 0.717) is 30.9 Å². The van der Waals surface area contributed by atoms with E-state index in [0.717, 1.165) is 22.7 Å². The molecule has 3 heterocycles. The monoisotopic (exact) mass is 660 g/mol. The molecule has 47 heavy (non-hydrogen) atoms. The summed E-state index contributed by atoms with van der Waals surface area (Å²) in [6, 6.07) is 17.7. The second-order valence-corrected chi connectivity index (χ2v) is 10.7. The number of nitrogens with one attached hydrogen (secondary N) is 1. The van der Waals surface area contributed by atoms with Gasteiger partial charge >= 0.3 is 24.3 Å². The molecule has 0 spiro atoms. The van der Waals surface area contributed by atoms with Gasteiger partial charge in [-0.05, 0) is 36.4 Å². The highest BCUT2D eigenvalue weighted by atomic mass is 19.4. The van der Waals surface area contributed by atoms with E-state index in [4.69, 9.17) is 14.3 Å². The molecule has 1 aliphatic heterocycles. The molecule has 1 N–H and O–H groups in total. The highest BCUT2D eigenvalue weighted by molar-refractivity contribution is 6.04. The summed E-state index contributed by atoms with van der Waals surface area (Å²) in [6.45, 7) is 1.83. The topological polar surface area (TPSA) is 89.0 Å². The van der Waals surface area contributed by atoms with E-state index >= 15 is 0 Å². The molecule has 0 radical (unpaired) electrons. The lowest BCUT2D eigenvalue weighted by molar-refractivity contribution is -0.199. The summed E-state index contributed by atoms with van der Waals surface area (Å²) in [4.78, 5) is 36.3. The Hall–Kier alpha value is -5.18. The molecule has 0 saturated carbocycles. The Labute approximate surface area is 262 Å². The van der Waals surface area contributed by atoms with Gasteiger partial charge in [0, 0.05) is 66.6 Å². The lowest BCUT2D eigenvalue weighted by Crippen LogP contribution is -2.46. The van der Waals surface area contributed by atoms with Gasteiger partial charge in [0.25, 0.3) is 0 Å². The molecular formula is C32H26F6N4O5. The van der Waals surface area contributed by atoms with Gasteiger partial charge in [-0.15, -0.1) is 0 Å². The fourth-order valence-corrected chi connectivity index (χ4v) is 5.80. The third kappa shape index (κ3) is 6.17. The van der Waals surface area contributed by atoms with E-state index in [9.17, 15) is 35.9 Å². The van der Waals surface area contributed by atoms with Gasteiger partial charge in [0.15, 0.2) is 0 Å². The summed E-state index contributed by atoms with van der Waals surface area (Å²) >= 11 is 0. The molecule has 1 aliphatic rings. The molecule has 0 atom stereocenters. The molecule has 0 aliphatic carbocycles. The molecule has 1 fully saturated rings. The highest BCUT2D eigenvalue weighted by Gasteiger charge is 2.44. The Kier molecular flexibility index (Phi) is 8.26. The number of ether oxygens (including phenoxy) is 2. The number of benzene rings is 3. The number of H-pyrrole nitrogens is 1. The van der Waals surface area contributed by atoms with Crippen LogP contribution in [0.3, 0.4) is 0 Å². The van der Waals surface area contributed by atoms with E-state index in [1.807, 2.05) is 35.4 Å². The number of carbonyl (C=O) groups excluding carboxylic acids is 2. The van der Waals surface area contributed by atoms with Gasteiger partial charge in [-0.25, -0.2) is 9.59 Å². The van der Waals surface area contributed by atoms with Crippen molar-refractivity contribution in [3.63, 3.8) is 0 Å². The molecule has 0 bridgehead atoms. The maximum atomic E-state index is 13.5. The number of hydrogen-bond acceptors (Lipinski definition) is 7. The summed E-state index contributed by atoms with van der Waals surface area (Å²) in [7, 11) is 1.34. The Morgan fingerprint density at radius 1 is 0.809 bits per heavy atom. The number of piperazine rings is 1. The van der Waals surface area contributed by atoms with Crippen molar-refractivity contribution in [1.82, 2.24) is 14.6 Å². The van der Waals surface area contributed by atoms with Crippen molar-refractivity contribution in [3.05, 3.63) is 78.6 Å². The Bertz CT molecular complexity index is 1960. The first-order valence-electron chi connectivity index (χ1n) is 14.3. The number of para-hydroxylation sites is 1. The number of aromatic amines is 1. The predicted molar refractivity (Wildman–Crippen MR) is 159 cm³/mol. The average molecular weight is 661 g/mol. The summed E-state index contributed by atoms with van der Waals surface area (Å²) in [5, 5.41) is 0.844. The Balaban J connectivity index is 1.47. The average Bonchev–Trinajstić information content (AvgIpc) is 3.64. The van der Waals surface area contributed by atoms with Gasteiger partial charge in [0.1, 0.15) is 11.5 Å². The number of halogens is 6. The molecule has 5 aromatic rings. The van der Waals surface area contributed by atoms with Crippen molar-refractivity contribution in [2.24, 2.45) is 0 Å². The minimum atomic E-state index is -5.40. The SMILES string of the molecule is COc1ccccc1-c1c(CN2CCN(c3cccc4[nH]ccc34)CC2)n(OC(=O)C(F)(F)F)c2cccc(OC(=O)C(F)(F)F)c12. The predicted octanol–water partition coefficient (Wildman–Crippen LogP) is 6.11. The number of alkyl halides is 6. The van der Waals surface area contributed by atoms with Gasteiger partial charge in [0.05, 0.1) is 23.7 Å². The zero-order chi connectivity index (χ0) is 33.5. The fraction of sp³-hybridized carbons (Fsp3) is 0.250. The standard InChI is InChI=1S/C32H26F6N4O5/c1-45-25-10-3-2-6-20(25)27-24(18-40-14-16-41(17-15-40)22-8-4-7-21-19(22)12-13-39-21)42(47-30(44)32(36,37)38)23-9-5-11-26(28(23)27)46-29(43)31(33,34)35/h2-13,39H,14-18H2,1H3. The van der Waals surface area contributed by atoms with Gasteiger partial charge in [-0.3, -0.25) is 4.90 Å². The third-order valence-electron chi connectivity index (χ3n) is 7.88. The van der Waals surface area contributed by atoms with Gasteiger partial charge in [-0.1, -0.05) is 30.3 Å². The molecule has 6 rings (SSSR count). The normalized spacial score (nSPS) is 14.5. The van der Waals surface area contributed by atoms with Gasteiger partial charge in [-0.2, -0.15) is 31.1 Å². The van der Waals surface area contributed by atoms with Gasteiger partial charge in [0.2, 0.25) is 0 Å². The first kappa shape index (κ1) is 31.8. The molecular weight excluding hydrogens is 634 g/mol. The first-order chi connectivity index (χ1) is 22.4. The minimum Gasteiger partial charge on any atom is -0.496 e. The summed E-state index contributed by atoms with van der Waals surface area (Å²) in [5.41, 5.74) is 2.05. The van der Waals surface area contributed by atoms with Crippen molar-refractivity contribution in [1.29, 1.82) is 0 Å². The molecule has 2 aromatic heterocycles. The number of anilines is 1. The summed E-state index contributed by atoms with van der Waals surface area (Å²) in [5.74, 6) is -5.47. The quantitative estimate of drug-likeness (QED) is 0.128. The second-order valence-electron chi connectivity index (χ2n) is 10.7. The molecule has 0 unspecified atom stereocenters. The van der Waals surface area contributed by atoms with E-state index < -0.39 is 30.0 Å². The maximum Gasteiger partial charge on any atom is 0.493 e. The van der Waals surface area contributed by atoms with Crippen LogP contribution < -0.4 is 19.2 Å². The third-order valence-corrected chi connectivity index (χ3v) is 7.88. The Morgan fingerprint density at radius 3 is 2.19 bits per heavy atom. The summed E-state index contributed by atoms with van der Waals surface area (Å²) < 4.78 is 91.3. The van der Waals surface area contributed by atoms with Crippen LogP contribution in [0.1, 0.15) is 5.69 Å². The highest BCUT2D eigenvalue weighted by Crippen LogP contribution is 2.44. The van der Waals surface area contributed by atoms with Crippen LogP contribution in [0.25, 0.3) is 32.9 Å². The fourth-order valence-electron chi connectivity index (χ4n) is 5.80. The molecule has 1 saturated heterocycles. The first-order valence-corrected chi connectivity index (χ1v) is 14.3. The zero-order valence-electron chi connectivity index (χ0n) is 24.6. The van der Waals surface area contributed by atoms with Crippen LogP contribution >= 0.6 is 0 Å². The lowest BCUT2D eigenvalue weighted by atomic mass is 9.99. The second kappa shape index (κ2) is 12.2. The number of methoxy groups -OCH3 is 1. The zero-order valence-corrected chi connectivity index (χ0v) is 24.6. The lowest BCUT2D eigenvalue weighted by Gasteiger charge is -2.36. The number of hydrogen-bond donors (Lipinski definition) is 1. The van der Waals surface area contributed by atoms with Crippen molar-refractivity contribution in [2.75, 3.05) is 38.2 Å². The van der Waals surface area contributed by atoms with Crippen LogP contribution in [0, 0.1) is 0 Å².